The lowest BCUT2D eigenvalue weighted by Crippen LogP contribution is -2.18. The Hall–Kier alpha value is -1.42. The van der Waals surface area contributed by atoms with Crippen molar-refractivity contribution in [2.24, 2.45) is 0 Å². The summed E-state index contributed by atoms with van der Waals surface area (Å²) in [4.78, 5) is 11.5. The molecule has 0 saturated carbocycles. The van der Waals surface area contributed by atoms with Crippen molar-refractivity contribution in [3.63, 3.8) is 0 Å². The maximum Gasteiger partial charge on any atom is 0.341 e. The van der Waals surface area contributed by atoms with E-state index in [1.807, 2.05) is 0 Å². The van der Waals surface area contributed by atoms with Gasteiger partial charge in [-0.25, -0.2) is 9.18 Å². The minimum absolute atomic E-state index is 0.0237. The van der Waals surface area contributed by atoms with Gasteiger partial charge in [0.2, 0.25) is 0 Å². The predicted octanol–water partition coefficient (Wildman–Crippen LogP) is 1.77. The predicted molar refractivity (Wildman–Crippen MR) is 51.0 cm³/mol. The van der Waals surface area contributed by atoms with Crippen molar-refractivity contribution >= 4 is 5.97 Å². The average Bonchev–Trinajstić information content (AvgIpc) is 2.71. The molecule has 15 heavy (non-hydrogen) atoms. The zero-order valence-corrected chi connectivity index (χ0v) is 8.11. The molecule has 3 nitrogen and oxygen atoms in total. The molecule has 1 aliphatic rings. The van der Waals surface area contributed by atoms with Gasteiger partial charge in [-0.1, -0.05) is 12.1 Å². The molecule has 4 heteroatoms. The molecule has 0 spiro atoms. The Morgan fingerprint density at radius 3 is 2.93 bits per heavy atom. The topological polar surface area (TPSA) is 35.5 Å². The minimum Gasteiger partial charge on any atom is -0.456 e. The van der Waals surface area contributed by atoms with Crippen LogP contribution >= 0.6 is 0 Å². The molecular formula is C11H11FO3. The van der Waals surface area contributed by atoms with Crippen LogP contribution in [0, 0.1) is 5.82 Å². The van der Waals surface area contributed by atoms with Crippen LogP contribution in [0.2, 0.25) is 0 Å². The number of carbonyl (C=O) groups excluding carboxylic acids is 1. The van der Waals surface area contributed by atoms with Gasteiger partial charge in [-0.2, -0.15) is 0 Å². The van der Waals surface area contributed by atoms with Gasteiger partial charge >= 0.3 is 5.97 Å². The number of hydrogen-bond donors (Lipinski definition) is 0. The highest BCUT2D eigenvalue weighted by Gasteiger charge is 2.22. The van der Waals surface area contributed by atoms with Crippen LogP contribution in [-0.4, -0.2) is 25.3 Å². The standard InChI is InChI=1S/C11H11FO3/c12-10-4-2-1-3-9(10)11(13)15-8-5-6-14-7-8/h1-4,8H,5-7H2. The summed E-state index contributed by atoms with van der Waals surface area (Å²) < 4.78 is 23.3. The molecule has 1 aliphatic heterocycles. The van der Waals surface area contributed by atoms with Crippen LogP contribution in [0.1, 0.15) is 16.8 Å². The van der Waals surface area contributed by atoms with Crippen LogP contribution in [0.5, 0.6) is 0 Å². The first-order valence-corrected chi connectivity index (χ1v) is 4.80. The van der Waals surface area contributed by atoms with E-state index < -0.39 is 11.8 Å². The SMILES string of the molecule is O=C(OC1CCOC1)c1ccccc1F. The smallest absolute Gasteiger partial charge is 0.341 e. The molecule has 0 radical (unpaired) electrons. The fourth-order valence-corrected chi connectivity index (χ4v) is 1.45. The Bertz CT molecular complexity index is 359. The molecule has 0 aromatic heterocycles. The Balaban J connectivity index is 2.04. The molecule has 0 N–H and O–H groups in total. The van der Waals surface area contributed by atoms with Crippen LogP contribution in [0.25, 0.3) is 0 Å². The van der Waals surface area contributed by atoms with Gasteiger partial charge in [-0.15, -0.1) is 0 Å². The van der Waals surface area contributed by atoms with Crippen LogP contribution in [0.3, 0.4) is 0 Å². The molecule has 0 aliphatic carbocycles. The normalized spacial score (nSPS) is 20.2. The van der Waals surface area contributed by atoms with Crippen molar-refractivity contribution in [3.8, 4) is 0 Å². The van der Waals surface area contributed by atoms with E-state index in [0.29, 0.717) is 19.6 Å². The summed E-state index contributed by atoms with van der Waals surface area (Å²) in [7, 11) is 0. The number of carbonyl (C=O) groups is 1. The summed E-state index contributed by atoms with van der Waals surface area (Å²) >= 11 is 0. The Morgan fingerprint density at radius 2 is 2.27 bits per heavy atom. The first-order valence-electron chi connectivity index (χ1n) is 4.80. The maximum absolute atomic E-state index is 13.2. The molecule has 1 aromatic carbocycles. The van der Waals surface area contributed by atoms with Gasteiger partial charge in [0.1, 0.15) is 11.9 Å². The fourth-order valence-electron chi connectivity index (χ4n) is 1.45. The van der Waals surface area contributed by atoms with E-state index in [0.717, 1.165) is 0 Å². The summed E-state index contributed by atoms with van der Waals surface area (Å²) in [6.45, 7) is 0.995. The lowest BCUT2D eigenvalue weighted by atomic mass is 10.2. The molecule has 80 valence electrons. The Labute approximate surface area is 86.8 Å². The monoisotopic (exact) mass is 210 g/mol. The largest absolute Gasteiger partial charge is 0.456 e. The van der Waals surface area contributed by atoms with Crippen molar-refractivity contribution in [1.29, 1.82) is 0 Å². The van der Waals surface area contributed by atoms with E-state index in [1.54, 1.807) is 6.07 Å². The molecule has 0 bridgehead atoms. The molecular weight excluding hydrogens is 199 g/mol. The number of halogens is 1. The van der Waals surface area contributed by atoms with Crippen molar-refractivity contribution < 1.29 is 18.7 Å². The van der Waals surface area contributed by atoms with Crippen molar-refractivity contribution in [2.45, 2.75) is 12.5 Å². The fraction of sp³-hybridized carbons (Fsp3) is 0.364. The number of hydrogen-bond acceptors (Lipinski definition) is 3. The Morgan fingerprint density at radius 1 is 1.47 bits per heavy atom. The third-order valence-electron chi connectivity index (χ3n) is 2.26. The summed E-state index contributed by atoms with van der Waals surface area (Å²) in [6.07, 6.45) is 0.442. The zero-order valence-electron chi connectivity index (χ0n) is 8.11. The van der Waals surface area contributed by atoms with E-state index >= 15 is 0 Å². The van der Waals surface area contributed by atoms with Gasteiger partial charge in [0.05, 0.1) is 18.8 Å². The van der Waals surface area contributed by atoms with Crippen LogP contribution in [-0.2, 0) is 9.47 Å². The van der Waals surface area contributed by atoms with Gasteiger partial charge < -0.3 is 9.47 Å². The molecule has 2 rings (SSSR count). The second-order valence-electron chi connectivity index (χ2n) is 3.37. The van der Waals surface area contributed by atoms with Crippen LogP contribution < -0.4 is 0 Å². The highest BCUT2D eigenvalue weighted by atomic mass is 19.1. The summed E-state index contributed by atoms with van der Waals surface area (Å²) in [5.41, 5.74) is -0.0237. The molecule has 1 heterocycles. The second-order valence-corrected chi connectivity index (χ2v) is 3.37. The maximum atomic E-state index is 13.2. The lowest BCUT2D eigenvalue weighted by molar-refractivity contribution is 0.0265. The van der Waals surface area contributed by atoms with Gasteiger partial charge in [0.15, 0.2) is 0 Å². The van der Waals surface area contributed by atoms with Crippen molar-refractivity contribution in [1.82, 2.24) is 0 Å². The molecule has 1 fully saturated rings. The van der Waals surface area contributed by atoms with Crippen molar-refractivity contribution in [2.75, 3.05) is 13.2 Å². The average molecular weight is 210 g/mol. The molecule has 1 atom stereocenters. The summed E-state index contributed by atoms with van der Waals surface area (Å²) in [5.74, 6) is -1.18. The highest BCUT2D eigenvalue weighted by Crippen LogP contribution is 2.13. The summed E-state index contributed by atoms with van der Waals surface area (Å²) in [5, 5.41) is 0. The van der Waals surface area contributed by atoms with E-state index in [1.165, 1.54) is 18.2 Å². The number of esters is 1. The van der Waals surface area contributed by atoms with E-state index in [9.17, 15) is 9.18 Å². The lowest BCUT2D eigenvalue weighted by Gasteiger charge is -2.10. The zero-order chi connectivity index (χ0) is 10.7. The van der Waals surface area contributed by atoms with E-state index in [2.05, 4.69) is 0 Å². The van der Waals surface area contributed by atoms with Crippen LogP contribution in [0.15, 0.2) is 24.3 Å². The third-order valence-corrected chi connectivity index (χ3v) is 2.26. The van der Waals surface area contributed by atoms with Gasteiger partial charge in [-0.3, -0.25) is 0 Å². The molecule has 0 amide bonds. The van der Waals surface area contributed by atoms with E-state index in [4.69, 9.17) is 9.47 Å². The summed E-state index contributed by atoms with van der Waals surface area (Å²) in [6, 6.07) is 5.78. The molecule has 1 unspecified atom stereocenters. The number of benzene rings is 1. The van der Waals surface area contributed by atoms with Crippen LogP contribution in [0.4, 0.5) is 4.39 Å². The molecule has 1 aromatic rings. The van der Waals surface area contributed by atoms with Gasteiger partial charge in [0, 0.05) is 6.42 Å². The van der Waals surface area contributed by atoms with Gasteiger partial charge in [-0.05, 0) is 12.1 Å². The van der Waals surface area contributed by atoms with E-state index in [-0.39, 0.29) is 11.7 Å². The number of rotatable bonds is 2. The quantitative estimate of drug-likeness (QED) is 0.698. The minimum atomic E-state index is -0.622. The second kappa shape index (κ2) is 4.40. The Kier molecular flexibility index (Phi) is 2.97. The highest BCUT2D eigenvalue weighted by molar-refractivity contribution is 5.89. The first kappa shape index (κ1) is 10.1. The van der Waals surface area contributed by atoms with Gasteiger partial charge in [0.25, 0.3) is 0 Å². The number of ether oxygens (including phenoxy) is 2. The third kappa shape index (κ3) is 2.33. The molecule has 1 saturated heterocycles. The first-order chi connectivity index (χ1) is 7.27. The van der Waals surface area contributed by atoms with Crippen molar-refractivity contribution in [3.05, 3.63) is 35.6 Å².